The molecule has 0 bridgehead atoms. The highest BCUT2D eigenvalue weighted by Crippen LogP contribution is 2.30. The summed E-state index contributed by atoms with van der Waals surface area (Å²) < 4.78 is 40.7. The number of nitrogens with one attached hydrogen (secondary N) is 1. The summed E-state index contributed by atoms with van der Waals surface area (Å²) in [5, 5.41) is 0. The van der Waals surface area contributed by atoms with Crippen molar-refractivity contribution in [1.29, 1.82) is 0 Å². The quantitative estimate of drug-likeness (QED) is 0.946. The number of sulfonamides is 1. The van der Waals surface area contributed by atoms with E-state index in [-0.39, 0.29) is 10.9 Å². The lowest BCUT2D eigenvalue weighted by Gasteiger charge is -2.26. The molecule has 1 aliphatic rings. The lowest BCUT2D eigenvalue weighted by atomic mass is 9.88. The molecule has 3 rings (SSSR count). The minimum absolute atomic E-state index is 0.0365. The van der Waals surface area contributed by atoms with E-state index >= 15 is 0 Å². The summed E-state index contributed by atoms with van der Waals surface area (Å²) in [4.78, 5) is -0.0365. The Kier molecular flexibility index (Phi) is 3.78. The van der Waals surface area contributed by atoms with Gasteiger partial charge in [0, 0.05) is 6.04 Å². The average Bonchev–Trinajstić information content (AvgIpc) is 2.47. The molecule has 3 nitrogen and oxygen atoms in total. The third-order valence-electron chi connectivity index (χ3n) is 3.77. The monoisotopic (exact) mass is 305 g/mol. The Hall–Kier alpha value is -1.72. The van der Waals surface area contributed by atoms with E-state index in [0.29, 0.717) is 0 Å². The van der Waals surface area contributed by atoms with Gasteiger partial charge in [-0.1, -0.05) is 30.3 Å². The predicted octanol–water partition coefficient (Wildman–Crippen LogP) is 3.18. The third-order valence-corrected chi connectivity index (χ3v) is 5.24. The van der Waals surface area contributed by atoms with Gasteiger partial charge in [-0.25, -0.2) is 17.5 Å². The molecule has 1 aliphatic carbocycles. The fourth-order valence-corrected chi connectivity index (χ4v) is 4.05. The van der Waals surface area contributed by atoms with Crippen molar-refractivity contribution < 1.29 is 12.8 Å². The van der Waals surface area contributed by atoms with Gasteiger partial charge >= 0.3 is 0 Å². The molecule has 0 saturated heterocycles. The van der Waals surface area contributed by atoms with Gasteiger partial charge in [0.25, 0.3) is 0 Å². The molecule has 0 saturated carbocycles. The fourth-order valence-electron chi connectivity index (χ4n) is 2.77. The topological polar surface area (TPSA) is 46.2 Å². The van der Waals surface area contributed by atoms with Crippen LogP contribution in [-0.2, 0) is 16.4 Å². The first kappa shape index (κ1) is 14.2. The van der Waals surface area contributed by atoms with Crippen molar-refractivity contribution >= 4 is 10.0 Å². The van der Waals surface area contributed by atoms with Crippen molar-refractivity contribution in [3.05, 3.63) is 65.5 Å². The lowest BCUT2D eigenvalue weighted by Crippen LogP contribution is -2.31. The van der Waals surface area contributed by atoms with E-state index in [1.54, 1.807) is 0 Å². The van der Waals surface area contributed by atoms with Crippen LogP contribution in [-0.4, -0.2) is 8.42 Å². The van der Waals surface area contributed by atoms with Crippen molar-refractivity contribution in [2.45, 2.75) is 30.2 Å². The van der Waals surface area contributed by atoms with Crippen LogP contribution < -0.4 is 4.72 Å². The van der Waals surface area contributed by atoms with Crippen molar-refractivity contribution in [3.8, 4) is 0 Å². The summed E-state index contributed by atoms with van der Waals surface area (Å²) in [6.07, 6.45) is 2.66. The molecule has 2 aromatic rings. The normalized spacial score (nSPS) is 18.2. The SMILES string of the molecule is O=S(=O)(NC1CCCc2ccccc21)c1cccc(F)c1. The molecule has 1 N–H and O–H groups in total. The minimum atomic E-state index is -3.72. The maximum Gasteiger partial charge on any atom is 0.241 e. The Morgan fingerprint density at radius 3 is 2.71 bits per heavy atom. The molecule has 0 aliphatic heterocycles. The Labute approximate surface area is 123 Å². The number of aryl methyl sites for hydroxylation is 1. The van der Waals surface area contributed by atoms with Gasteiger partial charge < -0.3 is 0 Å². The van der Waals surface area contributed by atoms with E-state index < -0.39 is 15.8 Å². The van der Waals surface area contributed by atoms with Crippen LogP contribution in [0.3, 0.4) is 0 Å². The molecule has 0 fully saturated rings. The number of rotatable bonds is 3. The number of halogens is 1. The second-order valence-corrected chi connectivity index (χ2v) is 6.94. The van der Waals surface area contributed by atoms with Crippen LogP contribution in [0, 0.1) is 5.82 Å². The average molecular weight is 305 g/mol. The van der Waals surface area contributed by atoms with Gasteiger partial charge in [-0.05, 0) is 48.6 Å². The van der Waals surface area contributed by atoms with Crippen LogP contribution in [0.5, 0.6) is 0 Å². The second kappa shape index (κ2) is 5.58. The summed E-state index contributed by atoms with van der Waals surface area (Å²) in [5.41, 5.74) is 2.19. The Morgan fingerprint density at radius 2 is 1.90 bits per heavy atom. The Morgan fingerprint density at radius 1 is 1.10 bits per heavy atom. The van der Waals surface area contributed by atoms with Gasteiger partial charge in [0.05, 0.1) is 4.90 Å². The number of benzene rings is 2. The first-order valence-corrected chi connectivity index (χ1v) is 8.40. The maximum absolute atomic E-state index is 13.2. The zero-order chi connectivity index (χ0) is 14.9. The van der Waals surface area contributed by atoms with E-state index in [4.69, 9.17) is 0 Å². The smallest absolute Gasteiger partial charge is 0.207 e. The van der Waals surface area contributed by atoms with Crippen molar-refractivity contribution in [2.24, 2.45) is 0 Å². The van der Waals surface area contributed by atoms with Crippen molar-refractivity contribution in [1.82, 2.24) is 4.72 Å². The standard InChI is InChI=1S/C16H16FNO2S/c17-13-7-4-8-14(11-13)21(19,20)18-16-10-3-6-12-5-1-2-9-15(12)16/h1-2,4-5,7-9,11,16,18H,3,6,10H2. The van der Waals surface area contributed by atoms with Crippen LogP contribution >= 0.6 is 0 Å². The van der Waals surface area contributed by atoms with E-state index in [1.165, 1.54) is 23.8 Å². The number of fused-ring (bicyclic) bond motifs is 1. The molecule has 5 heteroatoms. The van der Waals surface area contributed by atoms with E-state index in [0.717, 1.165) is 30.9 Å². The van der Waals surface area contributed by atoms with Crippen LogP contribution in [0.15, 0.2) is 53.4 Å². The first-order valence-electron chi connectivity index (χ1n) is 6.92. The van der Waals surface area contributed by atoms with Crippen LogP contribution in [0.4, 0.5) is 4.39 Å². The Balaban J connectivity index is 1.90. The van der Waals surface area contributed by atoms with Gasteiger partial charge in [-0.3, -0.25) is 0 Å². The second-order valence-electron chi connectivity index (χ2n) is 5.22. The van der Waals surface area contributed by atoms with Gasteiger partial charge in [0.1, 0.15) is 5.82 Å². The minimum Gasteiger partial charge on any atom is -0.207 e. The summed E-state index contributed by atoms with van der Waals surface area (Å²) >= 11 is 0. The number of hydrogen-bond donors (Lipinski definition) is 1. The van der Waals surface area contributed by atoms with Gasteiger partial charge in [-0.2, -0.15) is 0 Å². The van der Waals surface area contributed by atoms with E-state index in [2.05, 4.69) is 4.72 Å². The number of hydrogen-bond acceptors (Lipinski definition) is 2. The molecule has 0 aromatic heterocycles. The molecular weight excluding hydrogens is 289 g/mol. The third kappa shape index (κ3) is 2.99. The summed E-state index contributed by atoms with van der Waals surface area (Å²) in [5.74, 6) is -0.554. The van der Waals surface area contributed by atoms with Crippen molar-refractivity contribution in [3.63, 3.8) is 0 Å². The molecule has 0 radical (unpaired) electrons. The zero-order valence-corrected chi connectivity index (χ0v) is 12.2. The van der Waals surface area contributed by atoms with Gasteiger partial charge in [0.15, 0.2) is 0 Å². The van der Waals surface area contributed by atoms with Crippen LogP contribution in [0.25, 0.3) is 0 Å². The maximum atomic E-state index is 13.2. The molecule has 1 atom stereocenters. The fraction of sp³-hybridized carbons (Fsp3) is 0.250. The molecule has 0 amide bonds. The summed E-state index contributed by atoms with van der Waals surface area (Å²) in [7, 11) is -3.72. The predicted molar refractivity (Wildman–Crippen MR) is 78.8 cm³/mol. The van der Waals surface area contributed by atoms with E-state index in [1.807, 2.05) is 24.3 Å². The zero-order valence-electron chi connectivity index (χ0n) is 11.4. The van der Waals surface area contributed by atoms with Crippen molar-refractivity contribution in [2.75, 3.05) is 0 Å². The lowest BCUT2D eigenvalue weighted by molar-refractivity contribution is 0.506. The molecule has 1 unspecified atom stereocenters. The summed E-state index contributed by atoms with van der Waals surface area (Å²) in [6.45, 7) is 0. The molecule has 2 aromatic carbocycles. The molecular formula is C16H16FNO2S. The molecule has 110 valence electrons. The highest BCUT2D eigenvalue weighted by Gasteiger charge is 2.25. The van der Waals surface area contributed by atoms with Gasteiger partial charge in [0.2, 0.25) is 10.0 Å². The highest BCUT2D eigenvalue weighted by atomic mass is 32.2. The highest BCUT2D eigenvalue weighted by molar-refractivity contribution is 7.89. The molecule has 21 heavy (non-hydrogen) atoms. The molecule has 0 spiro atoms. The van der Waals surface area contributed by atoms with Gasteiger partial charge in [-0.15, -0.1) is 0 Å². The Bertz CT molecular complexity index is 758. The molecule has 0 heterocycles. The first-order chi connectivity index (χ1) is 10.1. The van der Waals surface area contributed by atoms with Crippen LogP contribution in [0.2, 0.25) is 0 Å². The largest absolute Gasteiger partial charge is 0.241 e. The van der Waals surface area contributed by atoms with E-state index in [9.17, 15) is 12.8 Å². The summed E-state index contributed by atoms with van der Waals surface area (Å²) in [6, 6.07) is 12.7. The van der Waals surface area contributed by atoms with Crippen LogP contribution in [0.1, 0.15) is 30.0 Å².